The van der Waals surface area contributed by atoms with Gasteiger partial charge in [0.2, 0.25) is 0 Å². The van der Waals surface area contributed by atoms with Crippen LogP contribution in [0.25, 0.3) is 0 Å². The second-order valence-electron chi connectivity index (χ2n) is 6.50. The van der Waals surface area contributed by atoms with Crippen molar-refractivity contribution in [2.75, 3.05) is 19.8 Å². The third kappa shape index (κ3) is 9.82. The predicted octanol–water partition coefficient (Wildman–Crippen LogP) is 4.77. The summed E-state index contributed by atoms with van der Waals surface area (Å²) >= 11 is 0. The fourth-order valence-electron chi connectivity index (χ4n) is 2.37. The molecule has 0 aromatic rings. The summed E-state index contributed by atoms with van der Waals surface area (Å²) in [5.41, 5.74) is 0. The van der Waals surface area contributed by atoms with Crippen LogP contribution >= 0.6 is 0 Å². The molecule has 0 saturated heterocycles. The summed E-state index contributed by atoms with van der Waals surface area (Å²) in [5, 5.41) is 0. The molecule has 0 radical (unpaired) electrons. The molecule has 0 unspecified atom stereocenters. The van der Waals surface area contributed by atoms with Crippen LogP contribution in [0.4, 0.5) is 0 Å². The lowest BCUT2D eigenvalue weighted by Gasteiger charge is -2.28. The van der Waals surface area contributed by atoms with Gasteiger partial charge in [-0.3, -0.25) is 0 Å². The molecule has 0 aromatic carbocycles. The number of hydrogen-bond donors (Lipinski definition) is 1. The smallest absolute Gasteiger partial charge is 0.367 e. The molecular formula is C18H40O4Si. The lowest BCUT2D eigenvalue weighted by Crippen LogP contribution is -2.49. The van der Waals surface area contributed by atoms with Crippen LogP contribution in [0.15, 0.2) is 0 Å². The molecule has 1 N–H and O–H groups in total. The third-order valence-corrected chi connectivity index (χ3v) is 6.56. The molecule has 0 saturated carbocycles. The highest BCUT2D eigenvalue weighted by atomic mass is 28.4. The van der Waals surface area contributed by atoms with Gasteiger partial charge in [0.15, 0.2) is 0 Å². The zero-order chi connectivity index (χ0) is 17.7. The van der Waals surface area contributed by atoms with Gasteiger partial charge < -0.3 is 18.1 Å². The van der Waals surface area contributed by atoms with E-state index < -0.39 is 9.05 Å². The minimum atomic E-state index is -3.54. The van der Waals surface area contributed by atoms with E-state index in [2.05, 4.69) is 41.5 Å². The maximum Gasteiger partial charge on any atom is 0.676 e. The molecule has 0 rings (SSSR count). The molecule has 0 aromatic heterocycles. The Morgan fingerprint density at radius 2 is 0.783 bits per heavy atom. The van der Waals surface area contributed by atoms with Crippen LogP contribution in [0.2, 0.25) is 0 Å². The third-order valence-electron chi connectivity index (χ3n) is 4.97. The second-order valence-corrected chi connectivity index (χ2v) is 8.42. The largest absolute Gasteiger partial charge is 0.676 e. The lowest BCUT2D eigenvalue weighted by molar-refractivity contribution is -0.0314. The van der Waals surface area contributed by atoms with Crippen LogP contribution in [0.3, 0.4) is 0 Å². The topological polar surface area (TPSA) is 47.9 Å². The van der Waals surface area contributed by atoms with Gasteiger partial charge in [-0.25, -0.2) is 0 Å². The molecule has 0 fully saturated rings. The van der Waals surface area contributed by atoms with Crippen LogP contribution < -0.4 is 0 Å². The van der Waals surface area contributed by atoms with E-state index >= 15 is 0 Å². The molecule has 0 spiro atoms. The lowest BCUT2D eigenvalue weighted by atomic mass is 10.1. The Morgan fingerprint density at radius 1 is 0.565 bits per heavy atom. The number of hydrogen-bond acceptors (Lipinski definition) is 4. The van der Waals surface area contributed by atoms with Gasteiger partial charge in [-0.05, 0) is 17.8 Å². The van der Waals surface area contributed by atoms with Gasteiger partial charge in [0.1, 0.15) is 0 Å². The highest BCUT2D eigenvalue weighted by Gasteiger charge is 2.42. The van der Waals surface area contributed by atoms with Crippen molar-refractivity contribution in [2.45, 2.75) is 80.1 Å². The van der Waals surface area contributed by atoms with Crippen molar-refractivity contribution in [3.8, 4) is 0 Å². The summed E-state index contributed by atoms with van der Waals surface area (Å²) in [6.07, 6.45) is 6.25. The quantitative estimate of drug-likeness (QED) is 0.433. The average Bonchev–Trinajstić information content (AvgIpc) is 2.57. The Morgan fingerprint density at radius 3 is 0.957 bits per heavy atom. The summed E-state index contributed by atoms with van der Waals surface area (Å²) < 4.78 is 17.4. The summed E-state index contributed by atoms with van der Waals surface area (Å²) in [6, 6.07) is 0. The van der Waals surface area contributed by atoms with Crippen molar-refractivity contribution in [1.29, 1.82) is 0 Å². The van der Waals surface area contributed by atoms with Crippen molar-refractivity contribution in [2.24, 2.45) is 17.8 Å². The molecule has 0 amide bonds. The first-order valence-electron chi connectivity index (χ1n) is 9.62. The Hall–Kier alpha value is 0.0569. The second kappa shape index (κ2) is 13.4. The monoisotopic (exact) mass is 348 g/mol. The first-order chi connectivity index (χ1) is 11.0. The Kier molecular flexibility index (Phi) is 13.4. The normalized spacial score (nSPS) is 12.8. The van der Waals surface area contributed by atoms with Gasteiger partial charge in [-0.1, -0.05) is 80.1 Å². The Bertz CT molecular complexity index is 223. The maximum atomic E-state index is 10.8. The van der Waals surface area contributed by atoms with Crippen molar-refractivity contribution in [3.63, 3.8) is 0 Å². The summed E-state index contributed by atoms with van der Waals surface area (Å²) in [4.78, 5) is 10.8. The molecule has 0 bridgehead atoms. The zero-order valence-electron chi connectivity index (χ0n) is 16.3. The average molecular weight is 349 g/mol. The van der Waals surface area contributed by atoms with Crippen LogP contribution in [0.5, 0.6) is 0 Å². The van der Waals surface area contributed by atoms with Gasteiger partial charge in [-0.15, -0.1) is 0 Å². The summed E-state index contributed by atoms with van der Waals surface area (Å²) in [7, 11) is -3.54. The molecule has 0 heterocycles. The first-order valence-corrected chi connectivity index (χ1v) is 11.3. The van der Waals surface area contributed by atoms with E-state index in [1.807, 2.05) is 0 Å². The van der Waals surface area contributed by atoms with Gasteiger partial charge >= 0.3 is 9.05 Å². The maximum absolute atomic E-state index is 10.8. The van der Waals surface area contributed by atoms with E-state index in [4.69, 9.17) is 13.3 Å². The van der Waals surface area contributed by atoms with Crippen molar-refractivity contribution < 1.29 is 18.1 Å². The van der Waals surface area contributed by atoms with Crippen LogP contribution in [-0.4, -0.2) is 33.7 Å². The molecular weight excluding hydrogens is 308 g/mol. The molecule has 5 heteroatoms. The fourth-order valence-corrected chi connectivity index (χ4v) is 3.96. The zero-order valence-corrected chi connectivity index (χ0v) is 17.3. The standard InChI is InChI=1S/C18H40O4Si/c1-7-16(8-2)13-20-23(19,21-14-17(9-3)10-4)22-15-18(11-5)12-6/h16-19H,7-15H2,1-6H3. The van der Waals surface area contributed by atoms with E-state index in [0.717, 1.165) is 38.5 Å². The minimum absolute atomic E-state index is 0.447. The molecule has 0 aliphatic heterocycles. The van der Waals surface area contributed by atoms with Crippen molar-refractivity contribution in [3.05, 3.63) is 0 Å². The van der Waals surface area contributed by atoms with Crippen LogP contribution in [0, 0.1) is 17.8 Å². The van der Waals surface area contributed by atoms with Gasteiger partial charge in [0, 0.05) is 19.8 Å². The van der Waals surface area contributed by atoms with E-state index in [1.165, 1.54) is 0 Å². The molecule has 23 heavy (non-hydrogen) atoms. The molecule has 0 aliphatic rings. The molecule has 0 atom stereocenters. The summed E-state index contributed by atoms with van der Waals surface area (Å²) in [5.74, 6) is 1.34. The van der Waals surface area contributed by atoms with Gasteiger partial charge in [-0.2, -0.15) is 0 Å². The highest BCUT2D eigenvalue weighted by Crippen LogP contribution is 2.18. The van der Waals surface area contributed by atoms with Crippen molar-refractivity contribution in [1.82, 2.24) is 0 Å². The molecule has 140 valence electrons. The molecule has 4 nitrogen and oxygen atoms in total. The summed E-state index contributed by atoms with van der Waals surface area (Å²) in [6.45, 7) is 14.4. The van der Waals surface area contributed by atoms with Gasteiger partial charge in [0.25, 0.3) is 0 Å². The fraction of sp³-hybridized carbons (Fsp3) is 1.00. The van der Waals surface area contributed by atoms with E-state index in [9.17, 15) is 4.80 Å². The first kappa shape index (κ1) is 23.1. The van der Waals surface area contributed by atoms with E-state index in [1.54, 1.807) is 0 Å². The minimum Gasteiger partial charge on any atom is -0.367 e. The SMILES string of the molecule is CCC(CC)CO[Si](O)(OCC(CC)CC)OCC(CC)CC. The molecule has 0 aliphatic carbocycles. The highest BCUT2D eigenvalue weighted by molar-refractivity contribution is 6.51. The van der Waals surface area contributed by atoms with Crippen LogP contribution in [-0.2, 0) is 13.3 Å². The Labute approximate surface area is 145 Å². The number of rotatable bonds is 15. The van der Waals surface area contributed by atoms with Crippen LogP contribution in [0.1, 0.15) is 80.1 Å². The van der Waals surface area contributed by atoms with Crippen molar-refractivity contribution >= 4 is 9.05 Å². The van der Waals surface area contributed by atoms with E-state index in [-0.39, 0.29) is 0 Å². The van der Waals surface area contributed by atoms with Gasteiger partial charge in [0.05, 0.1) is 0 Å². The Balaban J connectivity index is 4.66. The van der Waals surface area contributed by atoms with E-state index in [0.29, 0.717) is 37.6 Å². The predicted molar refractivity (Wildman–Crippen MR) is 98.0 cm³/mol.